The zero-order valence-corrected chi connectivity index (χ0v) is 13.4. The third kappa shape index (κ3) is 3.33. The molecule has 0 radical (unpaired) electrons. The highest BCUT2D eigenvalue weighted by Gasteiger charge is 2.34. The van der Waals surface area contributed by atoms with E-state index in [0.717, 1.165) is 22.0 Å². The van der Waals surface area contributed by atoms with E-state index in [-0.39, 0.29) is 0 Å². The maximum absolute atomic E-state index is 3.61. The average molecular weight is 361 g/mol. The summed E-state index contributed by atoms with van der Waals surface area (Å²) in [7, 11) is 0. The molecule has 1 nitrogen and oxygen atoms in total. The van der Waals surface area contributed by atoms with Crippen LogP contribution in [0.4, 0.5) is 0 Å². The summed E-state index contributed by atoms with van der Waals surface area (Å²) >= 11 is 7.03. The number of rotatable bonds is 5. The van der Waals surface area contributed by atoms with Crippen LogP contribution in [0.25, 0.3) is 0 Å². The number of benzene rings is 1. The van der Waals surface area contributed by atoms with Gasteiger partial charge in [0.05, 0.1) is 0 Å². The molecule has 0 atom stereocenters. The van der Waals surface area contributed by atoms with E-state index in [0.29, 0.717) is 5.41 Å². The molecule has 1 aromatic rings. The third-order valence-corrected chi connectivity index (χ3v) is 5.86. The molecule has 0 aliphatic heterocycles. The average Bonchev–Trinajstić information content (AvgIpc) is 2.27. The molecule has 1 aliphatic rings. The van der Waals surface area contributed by atoms with Crippen LogP contribution >= 0.6 is 31.9 Å². The Kier molecular flexibility index (Phi) is 4.67. The summed E-state index contributed by atoms with van der Waals surface area (Å²) < 4.78 is 2.25. The molecule has 1 aromatic carbocycles. The largest absolute Gasteiger partial charge is 0.312 e. The van der Waals surface area contributed by atoms with Crippen molar-refractivity contribution in [2.24, 2.45) is 5.41 Å². The molecule has 0 amide bonds. The Hall–Kier alpha value is 0.140. The highest BCUT2D eigenvalue weighted by Crippen LogP contribution is 2.43. The Labute approximate surface area is 121 Å². The first kappa shape index (κ1) is 13.6. The quantitative estimate of drug-likeness (QED) is 0.788. The predicted molar refractivity (Wildman–Crippen MR) is 80.1 cm³/mol. The van der Waals surface area contributed by atoms with Crippen molar-refractivity contribution >= 4 is 31.9 Å². The Morgan fingerprint density at radius 1 is 1.24 bits per heavy atom. The monoisotopic (exact) mass is 359 g/mol. The zero-order chi connectivity index (χ0) is 12.3. The minimum Gasteiger partial charge on any atom is -0.312 e. The highest BCUT2D eigenvalue weighted by atomic mass is 79.9. The van der Waals surface area contributed by atoms with Gasteiger partial charge >= 0.3 is 0 Å². The van der Waals surface area contributed by atoms with Gasteiger partial charge in [0.1, 0.15) is 0 Å². The van der Waals surface area contributed by atoms with Crippen molar-refractivity contribution in [3.63, 3.8) is 0 Å². The van der Waals surface area contributed by atoms with E-state index in [2.05, 4.69) is 62.3 Å². The van der Waals surface area contributed by atoms with Gasteiger partial charge in [-0.15, -0.1) is 0 Å². The van der Waals surface area contributed by atoms with Crippen molar-refractivity contribution in [3.8, 4) is 0 Å². The molecule has 0 saturated heterocycles. The molecule has 94 valence electrons. The lowest BCUT2D eigenvalue weighted by atomic mass is 9.67. The highest BCUT2D eigenvalue weighted by molar-refractivity contribution is 9.13. The predicted octanol–water partition coefficient (Wildman–Crippen LogP) is 4.88. The lowest BCUT2D eigenvalue weighted by molar-refractivity contribution is 0.124. The fourth-order valence-corrected chi connectivity index (χ4v) is 3.13. The summed E-state index contributed by atoms with van der Waals surface area (Å²) in [4.78, 5) is 0. The number of halogens is 2. The van der Waals surface area contributed by atoms with Crippen LogP contribution < -0.4 is 5.32 Å². The number of hydrogen-bond acceptors (Lipinski definition) is 1. The summed E-state index contributed by atoms with van der Waals surface area (Å²) in [6, 6.07) is 6.44. The maximum atomic E-state index is 3.61. The van der Waals surface area contributed by atoms with Gasteiger partial charge in [0, 0.05) is 22.0 Å². The van der Waals surface area contributed by atoms with E-state index < -0.39 is 0 Å². The van der Waals surface area contributed by atoms with E-state index in [4.69, 9.17) is 0 Å². The second-order valence-corrected chi connectivity index (χ2v) is 6.77. The SMILES string of the molecule is CCC1(CNCc2ccc(Br)c(Br)c2)CCC1. The Morgan fingerprint density at radius 3 is 2.53 bits per heavy atom. The summed E-state index contributed by atoms with van der Waals surface area (Å²) in [5, 5.41) is 3.61. The molecule has 1 N–H and O–H groups in total. The molecular formula is C14H19Br2N. The smallest absolute Gasteiger partial charge is 0.0320 e. The van der Waals surface area contributed by atoms with Gasteiger partial charge in [-0.3, -0.25) is 0 Å². The zero-order valence-electron chi connectivity index (χ0n) is 10.2. The van der Waals surface area contributed by atoms with E-state index in [9.17, 15) is 0 Å². The van der Waals surface area contributed by atoms with E-state index in [1.54, 1.807) is 0 Å². The molecule has 0 heterocycles. The number of hydrogen-bond donors (Lipinski definition) is 1. The van der Waals surface area contributed by atoms with Crippen molar-refractivity contribution in [1.29, 1.82) is 0 Å². The Balaban J connectivity index is 1.83. The van der Waals surface area contributed by atoms with E-state index in [1.165, 1.54) is 31.2 Å². The van der Waals surface area contributed by atoms with Gasteiger partial charge in [0.2, 0.25) is 0 Å². The van der Waals surface area contributed by atoms with Gasteiger partial charge in [-0.05, 0) is 74.2 Å². The second kappa shape index (κ2) is 5.85. The van der Waals surface area contributed by atoms with Crippen LogP contribution in [0.1, 0.15) is 38.2 Å². The molecule has 1 aliphatic carbocycles. The van der Waals surface area contributed by atoms with Crippen LogP contribution in [0.5, 0.6) is 0 Å². The Bertz CT molecular complexity index is 380. The molecule has 0 unspecified atom stereocenters. The summed E-state index contributed by atoms with van der Waals surface area (Å²) in [5.74, 6) is 0. The van der Waals surface area contributed by atoms with Crippen LogP contribution in [0.15, 0.2) is 27.1 Å². The van der Waals surface area contributed by atoms with Crippen LogP contribution in [0.2, 0.25) is 0 Å². The topological polar surface area (TPSA) is 12.0 Å². The van der Waals surface area contributed by atoms with Gasteiger partial charge < -0.3 is 5.32 Å². The van der Waals surface area contributed by atoms with Gasteiger partial charge in [-0.1, -0.05) is 19.4 Å². The molecule has 2 rings (SSSR count). The van der Waals surface area contributed by atoms with Crippen molar-refractivity contribution < 1.29 is 0 Å². The first-order valence-electron chi connectivity index (χ1n) is 6.30. The molecule has 1 fully saturated rings. The standard InChI is InChI=1S/C14H19Br2N/c1-2-14(6-3-7-14)10-17-9-11-4-5-12(15)13(16)8-11/h4-5,8,17H,2-3,6-7,9-10H2,1H3. The molecule has 0 aromatic heterocycles. The van der Waals surface area contributed by atoms with E-state index in [1.807, 2.05) is 0 Å². The summed E-state index contributed by atoms with van der Waals surface area (Å²) in [6.07, 6.45) is 5.53. The van der Waals surface area contributed by atoms with Crippen LogP contribution in [-0.4, -0.2) is 6.54 Å². The minimum absolute atomic E-state index is 0.604. The van der Waals surface area contributed by atoms with Gasteiger partial charge in [0.15, 0.2) is 0 Å². The minimum atomic E-state index is 0.604. The van der Waals surface area contributed by atoms with Crippen LogP contribution in [0.3, 0.4) is 0 Å². The van der Waals surface area contributed by atoms with Gasteiger partial charge in [0.25, 0.3) is 0 Å². The Morgan fingerprint density at radius 2 is 2.00 bits per heavy atom. The molecule has 0 bridgehead atoms. The van der Waals surface area contributed by atoms with Crippen molar-refractivity contribution in [2.45, 2.75) is 39.2 Å². The fraction of sp³-hybridized carbons (Fsp3) is 0.571. The molecule has 3 heteroatoms. The lowest BCUT2D eigenvalue weighted by Crippen LogP contribution is -2.39. The van der Waals surface area contributed by atoms with Gasteiger partial charge in [-0.2, -0.15) is 0 Å². The molecular weight excluding hydrogens is 342 g/mol. The second-order valence-electron chi connectivity index (χ2n) is 5.06. The van der Waals surface area contributed by atoms with Gasteiger partial charge in [-0.25, -0.2) is 0 Å². The van der Waals surface area contributed by atoms with Crippen molar-refractivity contribution in [2.75, 3.05) is 6.54 Å². The maximum Gasteiger partial charge on any atom is 0.0320 e. The van der Waals surface area contributed by atoms with Crippen molar-refractivity contribution in [3.05, 3.63) is 32.7 Å². The molecule has 1 saturated carbocycles. The first-order valence-corrected chi connectivity index (χ1v) is 7.88. The first-order chi connectivity index (χ1) is 8.15. The summed E-state index contributed by atoms with van der Waals surface area (Å²) in [6.45, 7) is 4.45. The van der Waals surface area contributed by atoms with Crippen LogP contribution in [0, 0.1) is 5.41 Å². The molecule has 17 heavy (non-hydrogen) atoms. The normalized spacial score (nSPS) is 17.8. The van der Waals surface area contributed by atoms with E-state index >= 15 is 0 Å². The number of nitrogens with one attached hydrogen (secondary N) is 1. The third-order valence-electron chi connectivity index (χ3n) is 3.98. The lowest BCUT2D eigenvalue weighted by Gasteiger charge is -2.41. The summed E-state index contributed by atoms with van der Waals surface area (Å²) in [5.41, 5.74) is 1.94. The van der Waals surface area contributed by atoms with Crippen LogP contribution in [-0.2, 0) is 6.54 Å². The van der Waals surface area contributed by atoms with Crippen molar-refractivity contribution in [1.82, 2.24) is 5.32 Å². The fourth-order valence-electron chi connectivity index (χ4n) is 2.45. The molecule has 0 spiro atoms.